The Bertz CT molecular complexity index is 1930. The summed E-state index contributed by atoms with van der Waals surface area (Å²) in [5.74, 6) is -0.664. The molecule has 17 nitrogen and oxygen atoms in total. The molecule has 0 radical (unpaired) electrons. The van der Waals surface area contributed by atoms with E-state index in [4.69, 9.17) is 37.0 Å². The van der Waals surface area contributed by atoms with E-state index in [-0.39, 0.29) is 25.7 Å². The second-order valence-corrected chi connectivity index (χ2v) is 32.8. The van der Waals surface area contributed by atoms with Crippen LogP contribution >= 0.6 is 15.6 Å². The molecule has 100 heavy (non-hydrogen) atoms. The van der Waals surface area contributed by atoms with Gasteiger partial charge in [-0.2, -0.15) is 0 Å². The summed E-state index contributed by atoms with van der Waals surface area (Å²) in [6.45, 7) is 9.54. The van der Waals surface area contributed by atoms with Crippen molar-refractivity contribution in [2.45, 2.75) is 445 Å². The zero-order chi connectivity index (χ0) is 73.5. The first-order valence-electron chi connectivity index (χ1n) is 42.0. The van der Waals surface area contributed by atoms with E-state index in [1.54, 1.807) is 0 Å². The van der Waals surface area contributed by atoms with E-state index in [2.05, 4.69) is 41.5 Å². The molecule has 594 valence electrons. The number of unbranched alkanes of at least 4 members (excludes halogenated alkanes) is 49. The molecule has 0 aliphatic rings. The predicted molar refractivity (Wildman–Crippen MR) is 409 cm³/mol. The molecule has 0 aliphatic heterocycles. The van der Waals surface area contributed by atoms with Gasteiger partial charge in [0.25, 0.3) is 0 Å². The zero-order valence-electron chi connectivity index (χ0n) is 65.5. The number of carbonyl (C=O) groups is 4. The van der Waals surface area contributed by atoms with Crippen LogP contribution in [-0.4, -0.2) is 96.7 Å². The van der Waals surface area contributed by atoms with Crippen LogP contribution in [0.2, 0.25) is 0 Å². The van der Waals surface area contributed by atoms with E-state index < -0.39 is 97.5 Å². The number of aliphatic hydroxyl groups excluding tert-OH is 1. The second-order valence-electron chi connectivity index (χ2n) is 29.9. The molecule has 0 rings (SSSR count). The minimum absolute atomic E-state index is 0.104. The number of carbonyl (C=O) groups excluding carboxylic acids is 4. The van der Waals surface area contributed by atoms with Gasteiger partial charge >= 0.3 is 39.5 Å². The van der Waals surface area contributed by atoms with Crippen LogP contribution in [0.25, 0.3) is 0 Å². The van der Waals surface area contributed by atoms with Crippen molar-refractivity contribution >= 4 is 39.5 Å². The largest absolute Gasteiger partial charge is 0.472 e. The predicted octanol–water partition coefficient (Wildman–Crippen LogP) is 24.3. The Morgan fingerprint density at radius 1 is 0.290 bits per heavy atom. The van der Waals surface area contributed by atoms with Crippen molar-refractivity contribution in [1.82, 2.24) is 0 Å². The Hall–Kier alpha value is -1.94. The summed E-state index contributed by atoms with van der Waals surface area (Å²) >= 11 is 0. The van der Waals surface area contributed by atoms with E-state index in [1.807, 2.05) is 0 Å². The lowest BCUT2D eigenvalue weighted by Crippen LogP contribution is -2.30. The van der Waals surface area contributed by atoms with Crippen molar-refractivity contribution in [3.8, 4) is 0 Å². The highest BCUT2D eigenvalue weighted by Crippen LogP contribution is 2.45. The first kappa shape index (κ1) is 98.1. The van der Waals surface area contributed by atoms with Crippen molar-refractivity contribution in [3.05, 3.63) is 0 Å². The van der Waals surface area contributed by atoms with Crippen LogP contribution in [0.3, 0.4) is 0 Å². The summed E-state index contributed by atoms with van der Waals surface area (Å²) in [7, 11) is -9.92. The molecule has 3 unspecified atom stereocenters. The molecule has 0 aromatic heterocycles. The highest BCUT2D eigenvalue weighted by atomic mass is 31.2. The van der Waals surface area contributed by atoms with Gasteiger partial charge in [0, 0.05) is 25.7 Å². The topological polar surface area (TPSA) is 237 Å². The van der Waals surface area contributed by atoms with Gasteiger partial charge in [0.1, 0.15) is 19.3 Å². The lowest BCUT2D eigenvalue weighted by molar-refractivity contribution is -0.161. The number of ether oxygens (including phenoxy) is 4. The average molecular weight is 1470 g/mol. The number of phosphoric acid groups is 2. The second kappa shape index (κ2) is 72.6. The normalized spacial score (nSPS) is 14.2. The highest BCUT2D eigenvalue weighted by Gasteiger charge is 2.30. The van der Waals surface area contributed by atoms with Crippen LogP contribution < -0.4 is 0 Å². The summed E-state index contributed by atoms with van der Waals surface area (Å²) in [6.07, 6.45) is 62.7. The molecule has 0 amide bonds. The van der Waals surface area contributed by atoms with Gasteiger partial charge in [-0.15, -0.1) is 0 Å². The van der Waals surface area contributed by atoms with E-state index in [9.17, 15) is 43.2 Å². The van der Waals surface area contributed by atoms with Gasteiger partial charge in [0.05, 0.1) is 26.4 Å². The van der Waals surface area contributed by atoms with Gasteiger partial charge in [0.15, 0.2) is 12.2 Å². The van der Waals surface area contributed by atoms with Crippen molar-refractivity contribution in [1.29, 1.82) is 0 Å². The molecular weight excluding hydrogens is 1310 g/mol. The van der Waals surface area contributed by atoms with Gasteiger partial charge in [-0.05, 0) is 37.5 Å². The summed E-state index contributed by atoms with van der Waals surface area (Å²) < 4.78 is 68.7. The van der Waals surface area contributed by atoms with Crippen LogP contribution in [0.1, 0.15) is 427 Å². The molecule has 19 heteroatoms. The first-order chi connectivity index (χ1) is 48.4. The standard InChI is InChI=1S/C81H158O17P2/c1-7-10-12-14-16-18-20-22-24-26-28-30-32-34-36-38-40-45-53-59-65-80(85)97-76(69-91-78(83)63-57-51-44-39-37-35-33-31-29-27-25-23-21-19-17-15-13-11-8-2)71-95-99(87,88)93-67-75(82)68-94-100(89,90)96-72-77(70-92-79(84)64-58-52-48-47-50-56-62-74(6)9-3)98-81(86)66-60-54-46-42-41-43-49-55-61-73(4)5/h73-77,82H,7-72H2,1-6H3,(H,87,88)(H,89,90)/t74?,75-,76-,77-/m1/s1. The molecule has 0 saturated carbocycles. The third kappa shape index (κ3) is 73.0. The Morgan fingerprint density at radius 3 is 0.760 bits per heavy atom. The maximum absolute atomic E-state index is 13.1. The van der Waals surface area contributed by atoms with Crippen molar-refractivity contribution < 1.29 is 80.2 Å². The van der Waals surface area contributed by atoms with Crippen molar-refractivity contribution in [3.63, 3.8) is 0 Å². The Kier molecular flexibility index (Phi) is 71.2. The minimum atomic E-state index is -4.96. The number of rotatable bonds is 80. The zero-order valence-corrected chi connectivity index (χ0v) is 67.3. The third-order valence-electron chi connectivity index (χ3n) is 19.3. The molecule has 0 spiro atoms. The van der Waals surface area contributed by atoms with Gasteiger partial charge < -0.3 is 33.8 Å². The summed E-state index contributed by atoms with van der Waals surface area (Å²) in [5, 5.41) is 10.6. The summed E-state index contributed by atoms with van der Waals surface area (Å²) in [4.78, 5) is 73.0. The van der Waals surface area contributed by atoms with Crippen LogP contribution in [-0.2, 0) is 65.4 Å². The number of hydrogen-bond acceptors (Lipinski definition) is 15. The fourth-order valence-electron chi connectivity index (χ4n) is 12.5. The third-order valence-corrected chi connectivity index (χ3v) is 21.2. The maximum atomic E-state index is 13.1. The first-order valence-corrected chi connectivity index (χ1v) is 45.0. The van der Waals surface area contributed by atoms with Crippen LogP contribution in [0.15, 0.2) is 0 Å². The number of aliphatic hydroxyl groups is 1. The van der Waals surface area contributed by atoms with E-state index in [0.717, 1.165) is 108 Å². The Balaban J connectivity index is 5.21. The molecule has 0 saturated heterocycles. The smallest absolute Gasteiger partial charge is 0.462 e. The van der Waals surface area contributed by atoms with Crippen molar-refractivity contribution in [2.75, 3.05) is 39.6 Å². The van der Waals surface area contributed by atoms with E-state index in [0.29, 0.717) is 25.7 Å². The molecule has 6 atom stereocenters. The SMILES string of the molecule is CCCCCCCCCCCCCCCCCCCCCCC(=O)O[C@H](COC(=O)CCCCCCCCCCCCCCCCCCCCC)COP(=O)(O)OC[C@@H](O)COP(=O)(O)OC[C@@H](COC(=O)CCCCCCCCC(C)CC)OC(=O)CCCCCCCCCCC(C)C. The molecule has 0 aliphatic carbocycles. The van der Waals surface area contributed by atoms with E-state index in [1.165, 1.54) is 238 Å². The summed E-state index contributed by atoms with van der Waals surface area (Å²) in [5.41, 5.74) is 0. The Labute approximate surface area is 613 Å². The average Bonchev–Trinajstić information content (AvgIpc) is 0.923. The molecule has 0 aromatic rings. The fourth-order valence-corrected chi connectivity index (χ4v) is 14.1. The van der Waals surface area contributed by atoms with Crippen LogP contribution in [0.4, 0.5) is 0 Å². The fraction of sp³-hybridized carbons (Fsp3) is 0.951. The molecular formula is C81H158O17P2. The van der Waals surface area contributed by atoms with E-state index >= 15 is 0 Å². The number of phosphoric ester groups is 2. The molecule has 0 aromatic carbocycles. The monoisotopic (exact) mass is 1470 g/mol. The lowest BCUT2D eigenvalue weighted by atomic mass is 10.00. The minimum Gasteiger partial charge on any atom is -0.462 e. The quantitative estimate of drug-likeness (QED) is 0.0222. The number of hydrogen-bond donors (Lipinski definition) is 3. The van der Waals surface area contributed by atoms with Crippen LogP contribution in [0.5, 0.6) is 0 Å². The lowest BCUT2D eigenvalue weighted by Gasteiger charge is -2.21. The Morgan fingerprint density at radius 2 is 0.510 bits per heavy atom. The van der Waals surface area contributed by atoms with Crippen LogP contribution in [0, 0.1) is 11.8 Å². The molecule has 0 fully saturated rings. The molecule has 3 N–H and O–H groups in total. The molecule has 0 bridgehead atoms. The van der Waals surface area contributed by atoms with Gasteiger partial charge in [0.2, 0.25) is 0 Å². The van der Waals surface area contributed by atoms with Crippen molar-refractivity contribution in [2.24, 2.45) is 11.8 Å². The van der Waals surface area contributed by atoms with Gasteiger partial charge in [-0.3, -0.25) is 37.3 Å². The van der Waals surface area contributed by atoms with Gasteiger partial charge in [-0.1, -0.05) is 375 Å². The summed E-state index contributed by atoms with van der Waals surface area (Å²) in [6, 6.07) is 0. The molecule has 0 heterocycles. The number of esters is 4. The highest BCUT2D eigenvalue weighted by molar-refractivity contribution is 7.47. The van der Waals surface area contributed by atoms with Gasteiger partial charge in [-0.25, -0.2) is 9.13 Å². The maximum Gasteiger partial charge on any atom is 0.472 e.